The summed E-state index contributed by atoms with van der Waals surface area (Å²) in [7, 11) is 0. The van der Waals surface area contributed by atoms with Gasteiger partial charge in [-0.2, -0.15) is 0 Å². The van der Waals surface area contributed by atoms with Crippen LogP contribution in [0.2, 0.25) is 0 Å². The molecule has 3 nitrogen and oxygen atoms in total. The molecule has 0 aliphatic rings. The van der Waals surface area contributed by atoms with E-state index in [0.717, 1.165) is 10.0 Å². The highest BCUT2D eigenvalue weighted by molar-refractivity contribution is 9.10. The Balaban J connectivity index is 2.26. The number of carbonyl (C=O) groups is 1. The Morgan fingerprint density at radius 2 is 2.05 bits per heavy atom. The minimum atomic E-state index is -0.532. The molecule has 19 heavy (non-hydrogen) atoms. The highest BCUT2D eigenvalue weighted by Crippen LogP contribution is 2.24. The lowest BCUT2D eigenvalue weighted by molar-refractivity contribution is 0.102. The van der Waals surface area contributed by atoms with Crippen LogP contribution in [0.4, 0.5) is 15.8 Å². The molecule has 0 saturated carbocycles. The molecule has 0 radical (unpaired) electrons. The molecule has 0 bridgehead atoms. The Hall–Kier alpha value is -1.88. The van der Waals surface area contributed by atoms with Crippen molar-refractivity contribution < 1.29 is 9.18 Å². The molecule has 3 N–H and O–H groups in total. The van der Waals surface area contributed by atoms with Gasteiger partial charge in [0, 0.05) is 15.7 Å². The van der Waals surface area contributed by atoms with Gasteiger partial charge in [0.2, 0.25) is 0 Å². The summed E-state index contributed by atoms with van der Waals surface area (Å²) in [4.78, 5) is 12.0. The van der Waals surface area contributed by atoms with Gasteiger partial charge in [0.15, 0.2) is 0 Å². The number of hydrogen-bond donors (Lipinski definition) is 2. The molecule has 98 valence electrons. The van der Waals surface area contributed by atoms with Crippen molar-refractivity contribution >= 4 is 33.2 Å². The van der Waals surface area contributed by atoms with Gasteiger partial charge in [-0.1, -0.05) is 22.0 Å². The van der Waals surface area contributed by atoms with Crippen LogP contribution in [-0.2, 0) is 0 Å². The Morgan fingerprint density at radius 3 is 2.74 bits per heavy atom. The summed E-state index contributed by atoms with van der Waals surface area (Å²) in [6, 6.07) is 9.40. The second kappa shape index (κ2) is 5.40. The molecule has 0 spiro atoms. The average molecular weight is 323 g/mol. The van der Waals surface area contributed by atoms with Crippen LogP contribution >= 0.6 is 15.9 Å². The van der Waals surface area contributed by atoms with E-state index >= 15 is 0 Å². The maximum absolute atomic E-state index is 13.0. The molecular weight excluding hydrogens is 311 g/mol. The molecule has 0 fully saturated rings. The van der Waals surface area contributed by atoms with Crippen LogP contribution in [0.25, 0.3) is 0 Å². The molecule has 2 rings (SSSR count). The molecule has 0 atom stereocenters. The van der Waals surface area contributed by atoms with Crippen LogP contribution in [0, 0.1) is 12.7 Å². The Bertz CT molecular complexity index is 643. The van der Waals surface area contributed by atoms with Gasteiger partial charge in [-0.25, -0.2) is 4.39 Å². The standard InChI is InChI=1S/C14H12BrFN2O/c1-8-10(15)3-2-4-13(8)18-14(19)9-5-6-11(16)12(17)7-9/h2-7H,17H2,1H3,(H,18,19). The van der Waals surface area contributed by atoms with Gasteiger partial charge in [0.25, 0.3) is 5.91 Å². The lowest BCUT2D eigenvalue weighted by Gasteiger charge is -2.10. The van der Waals surface area contributed by atoms with Gasteiger partial charge >= 0.3 is 0 Å². The van der Waals surface area contributed by atoms with E-state index in [0.29, 0.717) is 11.3 Å². The smallest absolute Gasteiger partial charge is 0.255 e. The normalized spacial score (nSPS) is 10.3. The van der Waals surface area contributed by atoms with E-state index < -0.39 is 5.82 Å². The molecule has 0 saturated heterocycles. The number of amides is 1. The van der Waals surface area contributed by atoms with Crippen molar-refractivity contribution in [3.8, 4) is 0 Å². The molecule has 2 aromatic rings. The molecule has 2 aromatic carbocycles. The maximum atomic E-state index is 13.0. The molecule has 5 heteroatoms. The number of benzene rings is 2. The fraction of sp³-hybridized carbons (Fsp3) is 0.0714. The summed E-state index contributed by atoms with van der Waals surface area (Å²) in [6.07, 6.45) is 0. The largest absolute Gasteiger partial charge is 0.396 e. The van der Waals surface area contributed by atoms with Gasteiger partial charge < -0.3 is 11.1 Å². The van der Waals surface area contributed by atoms with Gasteiger partial charge in [-0.3, -0.25) is 4.79 Å². The van der Waals surface area contributed by atoms with Crippen LogP contribution in [0.5, 0.6) is 0 Å². The number of nitrogens with one attached hydrogen (secondary N) is 1. The van der Waals surface area contributed by atoms with Crippen molar-refractivity contribution in [1.82, 2.24) is 0 Å². The summed E-state index contributed by atoms with van der Waals surface area (Å²) >= 11 is 3.39. The zero-order valence-electron chi connectivity index (χ0n) is 10.2. The summed E-state index contributed by atoms with van der Waals surface area (Å²) in [6.45, 7) is 1.89. The van der Waals surface area contributed by atoms with E-state index in [1.54, 1.807) is 6.07 Å². The SMILES string of the molecule is Cc1c(Br)cccc1NC(=O)c1ccc(F)c(N)c1. The zero-order chi connectivity index (χ0) is 14.0. The summed E-state index contributed by atoms with van der Waals surface area (Å²) in [5.74, 6) is -0.858. The highest BCUT2D eigenvalue weighted by atomic mass is 79.9. The van der Waals surface area contributed by atoms with Crippen LogP contribution in [0.15, 0.2) is 40.9 Å². The second-order valence-electron chi connectivity index (χ2n) is 4.10. The van der Waals surface area contributed by atoms with Crippen molar-refractivity contribution in [2.24, 2.45) is 0 Å². The second-order valence-corrected chi connectivity index (χ2v) is 4.96. The number of rotatable bonds is 2. The molecular formula is C14H12BrFN2O. The van der Waals surface area contributed by atoms with Crippen LogP contribution in [0.3, 0.4) is 0 Å². The monoisotopic (exact) mass is 322 g/mol. The summed E-state index contributed by atoms with van der Waals surface area (Å²) in [5, 5.41) is 2.77. The number of nitrogen functional groups attached to an aromatic ring is 1. The average Bonchev–Trinajstić information content (AvgIpc) is 2.38. The molecule has 0 aliphatic carbocycles. The Kier molecular flexibility index (Phi) is 3.85. The summed E-state index contributed by atoms with van der Waals surface area (Å²) in [5.41, 5.74) is 7.34. The molecule has 0 aliphatic heterocycles. The van der Waals surface area contributed by atoms with Crippen molar-refractivity contribution in [3.05, 3.63) is 57.8 Å². The lowest BCUT2D eigenvalue weighted by atomic mass is 10.1. The first-order valence-electron chi connectivity index (χ1n) is 5.60. The third kappa shape index (κ3) is 2.93. The molecule has 1 amide bonds. The first-order chi connectivity index (χ1) is 8.99. The van der Waals surface area contributed by atoms with Gasteiger partial charge in [0.1, 0.15) is 5.82 Å². The fourth-order valence-corrected chi connectivity index (χ4v) is 1.99. The van der Waals surface area contributed by atoms with Crippen LogP contribution in [0.1, 0.15) is 15.9 Å². The third-order valence-electron chi connectivity index (χ3n) is 2.77. The first kappa shape index (κ1) is 13.5. The molecule has 0 heterocycles. The number of carbonyl (C=O) groups excluding carboxylic acids is 1. The summed E-state index contributed by atoms with van der Waals surface area (Å²) < 4.78 is 13.9. The minimum absolute atomic E-state index is 0.0429. The van der Waals surface area contributed by atoms with Gasteiger partial charge in [0.05, 0.1) is 5.69 Å². The van der Waals surface area contributed by atoms with E-state index in [9.17, 15) is 9.18 Å². The predicted octanol–water partition coefficient (Wildman–Crippen LogP) is 3.73. The Labute approximate surface area is 118 Å². The third-order valence-corrected chi connectivity index (χ3v) is 3.63. The highest BCUT2D eigenvalue weighted by Gasteiger charge is 2.10. The predicted molar refractivity (Wildman–Crippen MR) is 77.6 cm³/mol. The zero-order valence-corrected chi connectivity index (χ0v) is 11.8. The topological polar surface area (TPSA) is 55.1 Å². The lowest BCUT2D eigenvalue weighted by Crippen LogP contribution is -2.13. The van der Waals surface area contributed by atoms with Gasteiger partial charge in [-0.05, 0) is 42.8 Å². The Morgan fingerprint density at radius 1 is 1.32 bits per heavy atom. The van der Waals surface area contributed by atoms with E-state index in [1.807, 2.05) is 19.1 Å². The first-order valence-corrected chi connectivity index (χ1v) is 6.40. The van der Waals surface area contributed by atoms with Crippen molar-refractivity contribution in [2.75, 3.05) is 11.1 Å². The van der Waals surface area contributed by atoms with Crippen LogP contribution in [-0.4, -0.2) is 5.91 Å². The number of anilines is 2. The van der Waals surface area contributed by atoms with E-state index in [2.05, 4.69) is 21.2 Å². The fourth-order valence-electron chi connectivity index (χ4n) is 1.62. The van der Waals surface area contributed by atoms with E-state index in [4.69, 9.17) is 5.73 Å². The van der Waals surface area contributed by atoms with E-state index in [1.165, 1.54) is 18.2 Å². The van der Waals surface area contributed by atoms with Crippen molar-refractivity contribution in [3.63, 3.8) is 0 Å². The minimum Gasteiger partial charge on any atom is -0.396 e. The number of hydrogen-bond acceptors (Lipinski definition) is 2. The number of halogens is 2. The van der Waals surface area contributed by atoms with E-state index in [-0.39, 0.29) is 11.6 Å². The van der Waals surface area contributed by atoms with Crippen molar-refractivity contribution in [2.45, 2.75) is 6.92 Å². The van der Waals surface area contributed by atoms with Crippen LogP contribution < -0.4 is 11.1 Å². The maximum Gasteiger partial charge on any atom is 0.255 e. The van der Waals surface area contributed by atoms with Crippen molar-refractivity contribution in [1.29, 1.82) is 0 Å². The number of nitrogens with two attached hydrogens (primary N) is 1. The molecule has 0 aromatic heterocycles. The molecule has 0 unspecified atom stereocenters. The quantitative estimate of drug-likeness (QED) is 0.828. The van der Waals surface area contributed by atoms with Gasteiger partial charge in [-0.15, -0.1) is 0 Å².